The van der Waals surface area contributed by atoms with Crippen molar-refractivity contribution < 1.29 is 69.7 Å². The summed E-state index contributed by atoms with van der Waals surface area (Å²) in [7, 11) is -2.55. The molecule has 0 bridgehead atoms. The van der Waals surface area contributed by atoms with Gasteiger partial charge in [0, 0.05) is 32.7 Å². The number of carboxylic acids is 1. The Kier molecular flexibility index (Phi) is 16.3. The summed E-state index contributed by atoms with van der Waals surface area (Å²) in [6, 6.07) is 0. The molecule has 0 amide bonds. The maximum absolute atomic E-state index is 10.4. The summed E-state index contributed by atoms with van der Waals surface area (Å²) in [4.78, 5) is 9.13. The molecule has 2 fully saturated rings. The van der Waals surface area contributed by atoms with E-state index in [1.165, 1.54) is 0 Å². The summed E-state index contributed by atoms with van der Waals surface area (Å²) < 4.78 is 20.9. The van der Waals surface area contributed by atoms with Crippen LogP contribution in [0, 0.1) is 0 Å². The standard InChI is InChI=1S/C4H10N2.C4H8O2S.C2H5NO2.K/c1-2-6-4-3-5-1;5-7(6)3-1-2-4-7;3-1-2(4)5;/h5-6H,1-4H2;1-4H2;1,3H2,(H,4,5);/q;;;+1/p-1. The number of nitrogens with two attached hydrogens (primary N) is 1. The first-order valence-electron chi connectivity index (χ1n) is 5.99. The summed E-state index contributed by atoms with van der Waals surface area (Å²) in [5.74, 6) is -0.370. The van der Waals surface area contributed by atoms with E-state index in [4.69, 9.17) is 9.90 Å². The zero-order valence-corrected chi connectivity index (χ0v) is 15.4. The van der Waals surface area contributed by atoms with Crippen LogP contribution in [-0.4, -0.2) is 58.6 Å². The number of carbonyl (C=O) groups is 1. The molecule has 0 spiro atoms. The fourth-order valence-corrected chi connectivity index (χ4v) is 2.84. The Bertz CT molecular complexity index is 297. The second kappa shape index (κ2) is 13.9. The number of sulfone groups is 1. The van der Waals surface area contributed by atoms with Crippen LogP contribution in [0.2, 0.25) is 0 Å². The van der Waals surface area contributed by atoms with E-state index in [0.717, 1.165) is 39.0 Å². The Morgan fingerprint density at radius 3 is 1.47 bits per heavy atom. The molecule has 2 aliphatic heterocycles. The van der Waals surface area contributed by atoms with Gasteiger partial charge in [0.15, 0.2) is 0 Å². The zero-order valence-electron chi connectivity index (χ0n) is 11.5. The monoisotopic (exact) mass is 319 g/mol. The van der Waals surface area contributed by atoms with Crippen LogP contribution in [0.1, 0.15) is 12.8 Å². The molecule has 19 heavy (non-hydrogen) atoms. The van der Waals surface area contributed by atoms with Gasteiger partial charge in [0.2, 0.25) is 0 Å². The molecule has 2 aliphatic rings. The molecule has 2 heterocycles. The molecule has 2 saturated heterocycles. The Labute approximate surface area is 157 Å². The van der Waals surface area contributed by atoms with E-state index >= 15 is 0 Å². The third kappa shape index (κ3) is 16.9. The van der Waals surface area contributed by atoms with Crippen molar-refractivity contribution >= 4 is 15.8 Å². The van der Waals surface area contributed by atoms with Crippen molar-refractivity contribution in [3.05, 3.63) is 0 Å². The van der Waals surface area contributed by atoms with Gasteiger partial charge in [0.1, 0.15) is 9.84 Å². The van der Waals surface area contributed by atoms with E-state index < -0.39 is 15.8 Å². The second-order valence-electron chi connectivity index (χ2n) is 3.94. The van der Waals surface area contributed by atoms with Crippen molar-refractivity contribution in [2.75, 3.05) is 44.2 Å². The average molecular weight is 319 g/mol. The van der Waals surface area contributed by atoms with Gasteiger partial charge in [-0.2, -0.15) is 0 Å². The molecule has 0 aromatic heterocycles. The Hall–Kier alpha value is 0.936. The van der Waals surface area contributed by atoms with Crippen LogP contribution in [0.4, 0.5) is 0 Å². The largest absolute Gasteiger partial charge is 1.00 e. The summed E-state index contributed by atoms with van der Waals surface area (Å²) in [5, 5.41) is 15.6. The smallest absolute Gasteiger partial charge is 0.549 e. The first kappa shape index (κ1) is 22.2. The molecule has 0 aromatic rings. The Balaban J connectivity index is 0. The van der Waals surface area contributed by atoms with Crippen molar-refractivity contribution in [1.29, 1.82) is 0 Å². The predicted molar refractivity (Wildman–Crippen MR) is 67.7 cm³/mol. The van der Waals surface area contributed by atoms with Gasteiger partial charge in [0.05, 0.1) is 17.5 Å². The van der Waals surface area contributed by atoms with Crippen LogP contribution in [-0.2, 0) is 14.6 Å². The zero-order chi connectivity index (χ0) is 13.9. The number of carboxylic acid groups (broad SMARTS) is 1. The van der Waals surface area contributed by atoms with Gasteiger partial charge >= 0.3 is 51.4 Å². The number of aliphatic carboxylic acids is 1. The summed E-state index contributed by atoms with van der Waals surface area (Å²) >= 11 is 0. The molecule has 0 aliphatic carbocycles. The maximum Gasteiger partial charge on any atom is 1.00 e. The van der Waals surface area contributed by atoms with Crippen LogP contribution in [0.25, 0.3) is 0 Å². The minimum atomic E-state index is -2.55. The normalized spacial score (nSPS) is 19.8. The molecule has 108 valence electrons. The van der Waals surface area contributed by atoms with Crippen molar-refractivity contribution in [3.8, 4) is 0 Å². The first-order valence-corrected chi connectivity index (χ1v) is 7.82. The summed E-state index contributed by atoms with van der Waals surface area (Å²) in [5.41, 5.74) is 4.51. The van der Waals surface area contributed by atoms with E-state index in [2.05, 4.69) is 16.4 Å². The summed E-state index contributed by atoms with van der Waals surface area (Å²) in [6.07, 6.45) is 1.75. The number of carbonyl (C=O) groups excluding carboxylic acids is 1. The number of hydrogen-bond acceptors (Lipinski definition) is 7. The number of piperazine rings is 1. The Morgan fingerprint density at radius 1 is 1.05 bits per heavy atom. The van der Waals surface area contributed by atoms with Crippen molar-refractivity contribution in [1.82, 2.24) is 10.6 Å². The second-order valence-corrected chi connectivity index (χ2v) is 6.24. The van der Waals surface area contributed by atoms with Crippen LogP contribution in [0.15, 0.2) is 0 Å². The molecule has 2 rings (SSSR count). The van der Waals surface area contributed by atoms with Gasteiger partial charge in [-0.25, -0.2) is 8.42 Å². The predicted octanol–water partition coefficient (Wildman–Crippen LogP) is -5.93. The third-order valence-electron chi connectivity index (χ3n) is 2.28. The molecule has 9 heteroatoms. The van der Waals surface area contributed by atoms with Crippen molar-refractivity contribution in [2.45, 2.75) is 12.8 Å². The van der Waals surface area contributed by atoms with Gasteiger partial charge in [0.25, 0.3) is 0 Å². The number of rotatable bonds is 1. The van der Waals surface area contributed by atoms with E-state index in [1.807, 2.05) is 0 Å². The molecule has 0 aromatic carbocycles. The number of hydrogen-bond donors (Lipinski definition) is 3. The molecule has 0 unspecified atom stereocenters. The van der Waals surface area contributed by atoms with Gasteiger partial charge in [-0.3, -0.25) is 0 Å². The molecule has 0 radical (unpaired) electrons. The topological polar surface area (TPSA) is 124 Å². The average Bonchev–Trinajstić information content (AvgIpc) is 2.77. The molecular weight excluding hydrogens is 297 g/mol. The Morgan fingerprint density at radius 2 is 1.37 bits per heavy atom. The van der Waals surface area contributed by atoms with Gasteiger partial charge < -0.3 is 26.3 Å². The van der Waals surface area contributed by atoms with Crippen LogP contribution in [0.5, 0.6) is 0 Å². The SMILES string of the molecule is C1CNCCN1.NCC(=O)[O-].O=S1(=O)CCCC1.[K+]. The van der Waals surface area contributed by atoms with Gasteiger partial charge in [-0.15, -0.1) is 0 Å². The van der Waals surface area contributed by atoms with E-state index in [-0.39, 0.29) is 57.9 Å². The van der Waals surface area contributed by atoms with Crippen molar-refractivity contribution in [3.63, 3.8) is 0 Å². The minimum absolute atomic E-state index is 0. The molecule has 4 N–H and O–H groups in total. The maximum atomic E-state index is 10.4. The van der Waals surface area contributed by atoms with Gasteiger partial charge in [-0.1, -0.05) is 0 Å². The first-order chi connectivity index (χ1) is 8.48. The third-order valence-corrected chi connectivity index (χ3v) is 4.11. The summed E-state index contributed by atoms with van der Waals surface area (Å²) in [6.45, 7) is 4.17. The van der Waals surface area contributed by atoms with Crippen LogP contribution < -0.4 is 72.9 Å². The minimum Gasteiger partial charge on any atom is -0.549 e. The van der Waals surface area contributed by atoms with Crippen LogP contribution in [0.3, 0.4) is 0 Å². The molecule has 0 saturated carbocycles. The molecule has 7 nitrogen and oxygen atoms in total. The van der Waals surface area contributed by atoms with E-state index in [0.29, 0.717) is 11.5 Å². The van der Waals surface area contributed by atoms with E-state index in [9.17, 15) is 8.42 Å². The molecule has 0 atom stereocenters. The van der Waals surface area contributed by atoms with Gasteiger partial charge in [-0.05, 0) is 12.8 Å². The quantitative estimate of drug-likeness (QED) is 0.411. The fourth-order valence-electron chi connectivity index (χ4n) is 1.35. The number of nitrogens with one attached hydrogen (secondary N) is 2. The molecular formula is C10H22KN3O4S. The van der Waals surface area contributed by atoms with E-state index in [1.54, 1.807) is 0 Å². The van der Waals surface area contributed by atoms with Crippen molar-refractivity contribution in [2.24, 2.45) is 5.73 Å². The fraction of sp³-hybridized carbons (Fsp3) is 0.900. The van der Waals surface area contributed by atoms with Crippen LogP contribution >= 0.6 is 0 Å².